The van der Waals surface area contributed by atoms with E-state index in [0.29, 0.717) is 5.02 Å². The first-order valence-electron chi connectivity index (χ1n) is 3.69. The van der Waals surface area contributed by atoms with E-state index in [9.17, 15) is 0 Å². The molecule has 0 saturated heterocycles. The number of aromatic nitrogens is 1. The maximum atomic E-state index is 5.89. The molecule has 0 spiro atoms. The van der Waals surface area contributed by atoms with Gasteiger partial charge >= 0.3 is 0 Å². The summed E-state index contributed by atoms with van der Waals surface area (Å²) in [5.74, 6) is 0. The van der Waals surface area contributed by atoms with Crippen molar-refractivity contribution in [2.75, 3.05) is 14.1 Å². The lowest BCUT2D eigenvalue weighted by atomic mass is 10.3. The summed E-state index contributed by atoms with van der Waals surface area (Å²) in [7, 11) is 3.88. The fourth-order valence-corrected chi connectivity index (χ4v) is 0.977. The van der Waals surface area contributed by atoms with Crippen LogP contribution >= 0.6 is 11.6 Å². The van der Waals surface area contributed by atoms with Crippen molar-refractivity contribution in [2.24, 2.45) is 0 Å². The molecular weight excluding hydrogens is 174 g/mol. The van der Waals surface area contributed by atoms with E-state index in [1.54, 1.807) is 12.4 Å². The van der Waals surface area contributed by atoms with Gasteiger partial charge in [0.25, 0.3) is 0 Å². The van der Waals surface area contributed by atoms with E-state index in [1.807, 2.05) is 25.2 Å². The third-order valence-electron chi connectivity index (χ3n) is 1.44. The Hall–Kier alpha value is -0.640. The van der Waals surface area contributed by atoms with E-state index in [-0.39, 0.29) is 0 Å². The number of hydrogen-bond donors (Lipinski definition) is 1. The molecule has 0 radical (unpaired) electrons. The van der Waals surface area contributed by atoms with Gasteiger partial charge in [0, 0.05) is 33.0 Å². The molecule has 0 atom stereocenters. The lowest BCUT2D eigenvalue weighted by Gasteiger charge is -2.12. The molecule has 0 bridgehead atoms. The van der Waals surface area contributed by atoms with E-state index in [4.69, 9.17) is 11.6 Å². The highest BCUT2D eigenvalue weighted by atomic mass is 35.5. The Morgan fingerprint density at radius 3 is 2.92 bits per heavy atom. The predicted octanol–water partition coefficient (Wildman–Crippen LogP) is 1.30. The zero-order valence-corrected chi connectivity index (χ0v) is 7.97. The fraction of sp³-hybridized carbons (Fsp3) is 0.375. The Kier molecular flexibility index (Phi) is 3.47. The second kappa shape index (κ2) is 4.40. The number of halogens is 1. The highest BCUT2D eigenvalue weighted by Crippen LogP contribution is 2.12. The summed E-state index contributed by atoms with van der Waals surface area (Å²) in [4.78, 5) is 3.90. The number of nitrogens with one attached hydrogen (secondary N) is 1. The van der Waals surface area contributed by atoms with Gasteiger partial charge in [0.05, 0.1) is 5.02 Å². The number of hydrazine groups is 1. The smallest absolute Gasteiger partial charge is 0.0634 e. The van der Waals surface area contributed by atoms with Crippen LogP contribution in [0, 0.1) is 0 Å². The van der Waals surface area contributed by atoms with Gasteiger partial charge in [-0.25, -0.2) is 0 Å². The van der Waals surface area contributed by atoms with Gasteiger partial charge in [0.2, 0.25) is 0 Å². The molecule has 0 aromatic carbocycles. The van der Waals surface area contributed by atoms with Crippen LogP contribution in [0.25, 0.3) is 0 Å². The summed E-state index contributed by atoms with van der Waals surface area (Å²) in [5.41, 5.74) is 4.18. The fourth-order valence-electron chi connectivity index (χ4n) is 0.791. The lowest BCUT2D eigenvalue weighted by molar-refractivity contribution is 0.286. The molecule has 0 aliphatic heterocycles. The van der Waals surface area contributed by atoms with Crippen molar-refractivity contribution in [3.05, 3.63) is 29.0 Å². The van der Waals surface area contributed by atoms with Crippen LogP contribution in [0.4, 0.5) is 0 Å². The molecule has 1 rings (SSSR count). The maximum absolute atomic E-state index is 5.89. The van der Waals surface area contributed by atoms with Crippen molar-refractivity contribution >= 4 is 11.6 Å². The molecule has 3 nitrogen and oxygen atoms in total. The molecule has 1 heterocycles. The van der Waals surface area contributed by atoms with Crippen LogP contribution in [0.1, 0.15) is 5.56 Å². The predicted molar refractivity (Wildman–Crippen MR) is 49.8 cm³/mol. The Morgan fingerprint density at radius 2 is 2.33 bits per heavy atom. The van der Waals surface area contributed by atoms with E-state index in [2.05, 4.69) is 10.4 Å². The maximum Gasteiger partial charge on any atom is 0.0634 e. The third kappa shape index (κ3) is 2.77. The van der Waals surface area contributed by atoms with Crippen LogP contribution in [0.2, 0.25) is 5.02 Å². The number of rotatable bonds is 3. The minimum Gasteiger partial charge on any atom is -0.263 e. The first kappa shape index (κ1) is 9.45. The normalized spacial score (nSPS) is 10.7. The van der Waals surface area contributed by atoms with E-state index in [0.717, 1.165) is 12.1 Å². The molecule has 1 aromatic rings. The molecule has 12 heavy (non-hydrogen) atoms. The molecule has 4 heteroatoms. The highest BCUT2D eigenvalue weighted by Gasteiger charge is 1.98. The number of hydrogen-bond acceptors (Lipinski definition) is 3. The SMILES string of the molecule is CN(C)NCc1ccncc1Cl. The van der Waals surface area contributed by atoms with Crippen LogP contribution in [-0.4, -0.2) is 24.1 Å². The summed E-state index contributed by atoms with van der Waals surface area (Å²) in [6.07, 6.45) is 3.38. The third-order valence-corrected chi connectivity index (χ3v) is 1.78. The van der Waals surface area contributed by atoms with Crippen LogP contribution < -0.4 is 5.43 Å². The standard InChI is InChI=1S/C8H12ClN3/c1-12(2)11-5-7-3-4-10-6-8(7)9/h3-4,6,11H,5H2,1-2H3. The molecule has 0 aliphatic rings. The van der Waals surface area contributed by atoms with Crippen molar-refractivity contribution in [3.63, 3.8) is 0 Å². The lowest BCUT2D eigenvalue weighted by Crippen LogP contribution is -2.29. The monoisotopic (exact) mass is 185 g/mol. The van der Waals surface area contributed by atoms with E-state index >= 15 is 0 Å². The highest BCUT2D eigenvalue weighted by molar-refractivity contribution is 6.31. The average Bonchev–Trinajstić information content (AvgIpc) is 2.03. The zero-order valence-electron chi connectivity index (χ0n) is 7.21. The van der Waals surface area contributed by atoms with Gasteiger partial charge in [0.15, 0.2) is 0 Å². The van der Waals surface area contributed by atoms with Crippen molar-refractivity contribution in [1.29, 1.82) is 0 Å². The molecule has 1 aromatic heterocycles. The minimum absolute atomic E-state index is 0.701. The van der Waals surface area contributed by atoms with Gasteiger partial charge in [-0.15, -0.1) is 0 Å². The van der Waals surface area contributed by atoms with Crippen molar-refractivity contribution in [3.8, 4) is 0 Å². The average molecular weight is 186 g/mol. The Labute approximate surface area is 77.3 Å². The Balaban J connectivity index is 2.57. The Bertz CT molecular complexity index is 250. The van der Waals surface area contributed by atoms with Gasteiger partial charge in [-0.3, -0.25) is 15.4 Å². The summed E-state index contributed by atoms with van der Waals surface area (Å²) in [6.45, 7) is 0.731. The first-order valence-corrected chi connectivity index (χ1v) is 4.07. The van der Waals surface area contributed by atoms with Crippen molar-refractivity contribution in [2.45, 2.75) is 6.54 Å². The summed E-state index contributed by atoms with van der Waals surface area (Å²) >= 11 is 5.89. The summed E-state index contributed by atoms with van der Waals surface area (Å²) in [5, 5.41) is 2.59. The van der Waals surface area contributed by atoms with Gasteiger partial charge in [0.1, 0.15) is 0 Å². The molecule has 66 valence electrons. The first-order chi connectivity index (χ1) is 5.70. The molecule has 0 amide bonds. The molecule has 0 saturated carbocycles. The zero-order chi connectivity index (χ0) is 8.97. The largest absolute Gasteiger partial charge is 0.263 e. The molecule has 0 aliphatic carbocycles. The number of pyridine rings is 1. The topological polar surface area (TPSA) is 28.2 Å². The van der Waals surface area contributed by atoms with Gasteiger partial charge in [-0.05, 0) is 11.6 Å². The molecule has 0 unspecified atom stereocenters. The second-order valence-electron chi connectivity index (χ2n) is 2.70. The summed E-state index contributed by atoms with van der Waals surface area (Å²) < 4.78 is 0. The van der Waals surface area contributed by atoms with Crippen molar-refractivity contribution in [1.82, 2.24) is 15.4 Å². The second-order valence-corrected chi connectivity index (χ2v) is 3.10. The van der Waals surface area contributed by atoms with Gasteiger partial charge in [-0.2, -0.15) is 0 Å². The Morgan fingerprint density at radius 1 is 1.58 bits per heavy atom. The minimum atomic E-state index is 0.701. The van der Waals surface area contributed by atoms with E-state index in [1.165, 1.54) is 0 Å². The van der Waals surface area contributed by atoms with Crippen LogP contribution in [0.3, 0.4) is 0 Å². The quantitative estimate of drug-likeness (QED) is 0.720. The van der Waals surface area contributed by atoms with Gasteiger partial charge in [-0.1, -0.05) is 11.6 Å². The molecule has 1 N–H and O–H groups in total. The van der Waals surface area contributed by atoms with Gasteiger partial charge < -0.3 is 0 Å². The van der Waals surface area contributed by atoms with E-state index < -0.39 is 0 Å². The number of nitrogens with zero attached hydrogens (tertiary/aromatic N) is 2. The van der Waals surface area contributed by atoms with Crippen LogP contribution in [0.15, 0.2) is 18.5 Å². The van der Waals surface area contributed by atoms with Crippen LogP contribution in [-0.2, 0) is 6.54 Å². The molecule has 0 fully saturated rings. The summed E-state index contributed by atoms with van der Waals surface area (Å²) in [6, 6.07) is 1.90. The van der Waals surface area contributed by atoms with Crippen LogP contribution in [0.5, 0.6) is 0 Å². The molecular formula is C8H12ClN3. The van der Waals surface area contributed by atoms with Crippen molar-refractivity contribution < 1.29 is 0 Å².